The molecule has 1 aromatic carbocycles. The molecule has 1 aliphatic rings. The van der Waals surface area contributed by atoms with E-state index in [0.717, 1.165) is 36.6 Å². The first kappa shape index (κ1) is 13.3. The number of halogens is 1. The molecule has 0 spiro atoms. The molecule has 1 atom stereocenters. The van der Waals surface area contributed by atoms with E-state index in [1.807, 2.05) is 24.3 Å². The van der Waals surface area contributed by atoms with Gasteiger partial charge in [0.2, 0.25) is 5.91 Å². The number of benzene rings is 1. The molecule has 5 heteroatoms. The van der Waals surface area contributed by atoms with Gasteiger partial charge in [-0.3, -0.25) is 9.69 Å². The highest BCUT2D eigenvalue weighted by atomic mass is 35.5. The van der Waals surface area contributed by atoms with Gasteiger partial charge in [0.1, 0.15) is 0 Å². The van der Waals surface area contributed by atoms with Crippen molar-refractivity contribution in [1.29, 1.82) is 0 Å². The molecule has 1 unspecified atom stereocenters. The molecule has 1 fully saturated rings. The maximum atomic E-state index is 11.1. The van der Waals surface area contributed by atoms with Crippen LogP contribution in [0, 0.1) is 0 Å². The summed E-state index contributed by atoms with van der Waals surface area (Å²) in [6, 6.07) is 8.09. The molecule has 0 aromatic heterocycles. The molecule has 0 bridgehead atoms. The van der Waals surface area contributed by atoms with E-state index < -0.39 is 0 Å². The van der Waals surface area contributed by atoms with Gasteiger partial charge in [-0.25, -0.2) is 0 Å². The molecule has 4 nitrogen and oxygen atoms in total. The molecule has 1 amide bonds. The summed E-state index contributed by atoms with van der Waals surface area (Å²) in [6.45, 7) is 2.95. The number of carbonyl (C=O) groups excluding carboxylic acids is 1. The molecule has 3 N–H and O–H groups in total. The number of nitrogens with one attached hydrogen (secondary N) is 1. The molecule has 2 rings (SSSR count). The first-order valence-corrected chi connectivity index (χ1v) is 6.50. The summed E-state index contributed by atoms with van der Waals surface area (Å²) < 4.78 is 0. The summed E-state index contributed by atoms with van der Waals surface area (Å²) in [4.78, 5) is 13.3. The zero-order valence-electron chi connectivity index (χ0n) is 10.2. The summed E-state index contributed by atoms with van der Waals surface area (Å²) >= 11 is 5.86. The van der Waals surface area contributed by atoms with E-state index in [2.05, 4.69) is 10.2 Å². The lowest BCUT2D eigenvalue weighted by molar-refractivity contribution is -0.119. The lowest BCUT2D eigenvalue weighted by atomic mass is 10.1. The third-order valence-electron chi connectivity index (χ3n) is 3.21. The minimum absolute atomic E-state index is 0.282. The van der Waals surface area contributed by atoms with Crippen molar-refractivity contribution >= 4 is 17.5 Å². The van der Waals surface area contributed by atoms with Crippen LogP contribution in [0.3, 0.4) is 0 Å². The van der Waals surface area contributed by atoms with Crippen molar-refractivity contribution in [1.82, 2.24) is 10.2 Å². The Morgan fingerprint density at radius 2 is 2.17 bits per heavy atom. The highest BCUT2D eigenvalue weighted by molar-refractivity contribution is 6.30. The van der Waals surface area contributed by atoms with Crippen LogP contribution in [-0.2, 0) is 11.3 Å². The Bertz CT molecular complexity index is 401. The predicted octanol–water partition coefficient (Wildman–Crippen LogP) is 0.989. The van der Waals surface area contributed by atoms with Crippen molar-refractivity contribution in [3.63, 3.8) is 0 Å². The van der Waals surface area contributed by atoms with Gasteiger partial charge in [0.25, 0.3) is 0 Å². The van der Waals surface area contributed by atoms with Gasteiger partial charge in [-0.05, 0) is 30.7 Å². The minimum atomic E-state index is -0.282. The van der Waals surface area contributed by atoms with Crippen LogP contribution in [0.2, 0.25) is 5.02 Å². The van der Waals surface area contributed by atoms with Crippen LogP contribution in [0.4, 0.5) is 0 Å². The molecular weight excluding hydrogens is 250 g/mol. The van der Waals surface area contributed by atoms with Crippen molar-refractivity contribution in [3.05, 3.63) is 34.9 Å². The van der Waals surface area contributed by atoms with Gasteiger partial charge in [0.15, 0.2) is 0 Å². The predicted molar refractivity (Wildman–Crippen MR) is 72.3 cm³/mol. The van der Waals surface area contributed by atoms with E-state index in [1.54, 1.807) is 0 Å². The number of rotatable bonds is 5. The lowest BCUT2D eigenvalue weighted by Crippen LogP contribution is -2.41. The Kier molecular flexibility index (Phi) is 4.58. The van der Waals surface area contributed by atoms with E-state index >= 15 is 0 Å². The van der Waals surface area contributed by atoms with E-state index in [9.17, 15) is 4.79 Å². The second-order valence-electron chi connectivity index (χ2n) is 4.64. The Hall–Kier alpha value is -1.10. The number of amides is 1. The zero-order valence-corrected chi connectivity index (χ0v) is 11.0. The molecule has 1 aliphatic heterocycles. The Balaban J connectivity index is 2.03. The van der Waals surface area contributed by atoms with Gasteiger partial charge in [-0.15, -0.1) is 0 Å². The fourth-order valence-electron chi connectivity index (χ4n) is 2.29. The Morgan fingerprint density at radius 3 is 2.72 bits per heavy atom. The highest BCUT2D eigenvalue weighted by Crippen LogP contribution is 2.15. The largest absolute Gasteiger partial charge is 0.369 e. The number of primary amides is 1. The van der Waals surface area contributed by atoms with Crippen molar-refractivity contribution in [2.45, 2.75) is 19.0 Å². The van der Waals surface area contributed by atoms with Gasteiger partial charge in [0, 0.05) is 24.2 Å². The van der Waals surface area contributed by atoms with Crippen LogP contribution >= 0.6 is 11.6 Å². The Labute approximate surface area is 112 Å². The van der Waals surface area contributed by atoms with Crippen LogP contribution in [0.5, 0.6) is 0 Å². The Morgan fingerprint density at radius 1 is 1.44 bits per heavy atom. The second kappa shape index (κ2) is 6.18. The average Bonchev–Trinajstić information content (AvgIpc) is 2.84. The van der Waals surface area contributed by atoms with Gasteiger partial charge >= 0.3 is 0 Å². The van der Waals surface area contributed by atoms with Crippen LogP contribution in [0.15, 0.2) is 24.3 Å². The zero-order chi connectivity index (χ0) is 13.0. The number of nitrogens with zero attached hydrogens (tertiary/aromatic N) is 1. The van der Waals surface area contributed by atoms with Crippen molar-refractivity contribution in [2.75, 3.05) is 19.6 Å². The monoisotopic (exact) mass is 267 g/mol. The molecule has 1 aromatic rings. The van der Waals surface area contributed by atoms with Crippen molar-refractivity contribution in [3.8, 4) is 0 Å². The molecule has 1 heterocycles. The number of hydrogen-bond acceptors (Lipinski definition) is 3. The maximum absolute atomic E-state index is 11.1. The number of hydrogen-bond donors (Lipinski definition) is 2. The summed E-state index contributed by atoms with van der Waals surface area (Å²) in [5.41, 5.74) is 6.46. The normalized spacial score (nSPS) is 19.3. The van der Waals surface area contributed by atoms with E-state index in [4.69, 9.17) is 17.3 Å². The summed E-state index contributed by atoms with van der Waals surface area (Å²) in [5, 5.41) is 4.03. The van der Waals surface area contributed by atoms with Gasteiger partial charge in [-0.1, -0.05) is 23.7 Å². The summed E-state index contributed by atoms with van der Waals surface area (Å²) in [6.07, 6.45) is 1.06. The third kappa shape index (κ3) is 3.70. The molecule has 98 valence electrons. The smallest absolute Gasteiger partial charge is 0.231 e. The van der Waals surface area contributed by atoms with Crippen LogP contribution in [-0.4, -0.2) is 36.5 Å². The summed E-state index contributed by atoms with van der Waals surface area (Å²) in [7, 11) is 0. The topological polar surface area (TPSA) is 58.4 Å². The molecule has 0 saturated carbocycles. The first-order chi connectivity index (χ1) is 8.65. The minimum Gasteiger partial charge on any atom is -0.369 e. The first-order valence-electron chi connectivity index (χ1n) is 6.12. The van der Waals surface area contributed by atoms with Gasteiger partial charge in [-0.2, -0.15) is 0 Å². The van der Waals surface area contributed by atoms with Crippen LogP contribution in [0.1, 0.15) is 12.0 Å². The molecule has 1 saturated heterocycles. The SMILES string of the molecule is NC(=O)CN(Cc1ccc(Cl)cc1)C1CCNC1. The number of carbonyl (C=O) groups is 1. The molecule has 0 radical (unpaired) electrons. The van der Waals surface area contributed by atoms with Crippen LogP contribution < -0.4 is 11.1 Å². The van der Waals surface area contributed by atoms with Crippen molar-refractivity contribution in [2.24, 2.45) is 5.73 Å². The van der Waals surface area contributed by atoms with E-state index in [0.29, 0.717) is 12.6 Å². The molecule has 0 aliphatic carbocycles. The number of nitrogens with two attached hydrogens (primary N) is 1. The second-order valence-corrected chi connectivity index (χ2v) is 5.08. The molecule has 18 heavy (non-hydrogen) atoms. The third-order valence-corrected chi connectivity index (χ3v) is 3.46. The highest BCUT2D eigenvalue weighted by Gasteiger charge is 2.23. The quantitative estimate of drug-likeness (QED) is 0.837. The van der Waals surface area contributed by atoms with Crippen LogP contribution in [0.25, 0.3) is 0 Å². The average molecular weight is 268 g/mol. The standard InChI is InChI=1S/C13H18ClN3O/c14-11-3-1-10(2-4-11)8-17(9-13(15)18)12-5-6-16-7-12/h1-4,12,16H,5-9H2,(H2,15,18). The van der Waals surface area contributed by atoms with Crippen molar-refractivity contribution < 1.29 is 4.79 Å². The lowest BCUT2D eigenvalue weighted by Gasteiger charge is -2.27. The maximum Gasteiger partial charge on any atom is 0.231 e. The fourth-order valence-corrected chi connectivity index (χ4v) is 2.42. The fraction of sp³-hybridized carbons (Fsp3) is 0.462. The van der Waals surface area contributed by atoms with E-state index in [1.165, 1.54) is 0 Å². The molecular formula is C13H18ClN3O. The van der Waals surface area contributed by atoms with Gasteiger partial charge < -0.3 is 11.1 Å². The van der Waals surface area contributed by atoms with E-state index in [-0.39, 0.29) is 5.91 Å². The summed E-state index contributed by atoms with van der Waals surface area (Å²) in [5.74, 6) is -0.282. The van der Waals surface area contributed by atoms with Gasteiger partial charge in [0.05, 0.1) is 6.54 Å².